The number of rotatable bonds is 3. The molecule has 0 unspecified atom stereocenters. The summed E-state index contributed by atoms with van der Waals surface area (Å²) in [4.78, 5) is 0. The Morgan fingerprint density at radius 2 is 1.90 bits per heavy atom. The Bertz CT molecular complexity index is 756. The first-order chi connectivity index (χ1) is 9.79. The highest BCUT2D eigenvalue weighted by atomic mass is 35.5. The van der Waals surface area contributed by atoms with Gasteiger partial charge in [0.15, 0.2) is 5.75 Å². The van der Waals surface area contributed by atoms with Gasteiger partial charge in [0.05, 0.1) is 11.7 Å². The van der Waals surface area contributed by atoms with Crippen LogP contribution in [0.4, 0.5) is 0 Å². The number of halogens is 1. The van der Waals surface area contributed by atoms with Gasteiger partial charge in [0.2, 0.25) is 0 Å². The van der Waals surface area contributed by atoms with Crippen molar-refractivity contribution < 1.29 is 4.74 Å². The van der Waals surface area contributed by atoms with Crippen LogP contribution in [0.2, 0.25) is 5.02 Å². The normalized spacial score (nSPS) is 10.7. The summed E-state index contributed by atoms with van der Waals surface area (Å²) in [5.41, 5.74) is 7.28. The highest BCUT2D eigenvalue weighted by Crippen LogP contribution is 2.32. The van der Waals surface area contributed by atoms with Crippen LogP contribution in [-0.2, 0) is 6.54 Å². The van der Waals surface area contributed by atoms with Gasteiger partial charge in [0.1, 0.15) is 5.75 Å². The number of hydrogen-bond donors (Lipinski definition) is 1. The van der Waals surface area contributed by atoms with Gasteiger partial charge in [-0.2, -0.15) is 10.2 Å². The van der Waals surface area contributed by atoms with E-state index in [4.69, 9.17) is 22.1 Å². The summed E-state index contributed by atoms with van der Waals surface area (Å²) in [5, 5.41) is 9.50. The van der Waals surface area contributed by atoms with E-state index in [2.05, 4.69) is 10.2 Å². The van der Waals surface area contributed by atoms with E-state index in [-0.39, 0.29) is 0 Å². The van der Waals surface area contributed by atoms with Gasteiger partial charge in [-0.05, 0) is 24.3 Å². The van der Waals surface area contributed by atoms with Crippen LogP contribution in [-0.4, -0.2) is 10.2 Å². The maximum absolute atomic E-state index is 6.13. The maximum atomic E-state index is 6.13. The number of benzene rings is 2. The highest BCUT2D eigenvalue weighted by Gasteiger charge is 2.10. The molecule has 0 saturated heterocycles. The van der Waals surface area contributed by atoms with Crippen molar-refractivity contribution in [3.05, 3.63) is 59.2 Å². The van der Waals surface area contributed by atoms with E-state index in [1.165, 1.54) is 0 Å². The molecule has 1 aromatic heterocycles. The second kappa shape index (κ2) is 5.45. The zero-order valence-corrected chi connectivity index (χ0v) is 11.3. The number of hydrogen-bond acceptors (Lipinski definition) is 4. The summed E-state index contributed by atoms with van der Waals surface area (Å²) in [7, 11) is 0. The molecule has 3 rings (SSSR count). The van der Waals surface area contributed by atoms with E-state index in [1.807, 2.05) is 36.4 Å². The highest BCUT2D eigenvalue weighted by molar-refractivity contribution is 6.31. The van der Waals surface area contributed by atoms with Gasteiger partial charge in [0.25, 0.3) is 0 Å². The van der Waals surface area contributed by atoms with Gasteiger partial charge in [-0.15, -0.1) is 0 Å². The van der Waals surface area contributed by atoms with Crippen molar-refractivity contribution in [2.24, 2.45) is 5.73 Å². The lowest BCUT2D eigenvalue weighted by Crippen LogP contribution is -2.01. The van der Waals surface area contributed by atoms with Crippen LogP contribution in [0.15, 0.2) is 48.7 Å². The van der Waals surface area contributed by atoms with Crippen LogP contribution in [0, 0.1) is 0 Å². The number of fused-ring (bicyclic) bond motifs is 1. The molecule has 0 spiro atoms. The largest absolute Gasteiger partial charge is 0.455 e. The molecule has 100 valence electrons. The fourth-order valence-electron chi connectivity index (χ4n) is 2.01. The molecule has 0 aliphatic rings. The predicted octanol–water partition coefficient (Wildman–Crippen LogP) is 3.53. The second-order valence-corrected chi connectivity index (χ2v) is 4.66. The van der Waals surface area contributed by atoms with E-state index < -0.39 is 0 Å². The molecule has 0 amide bonds. The molecule has 0 aliphatic carbocycles. The SMILES string of the molecule is NCc1c(Cl)cccc1Oc1cnnc2ccccc12. The van der Waals surface area contributed by atoms with Crippen LogP contribution >= 0.6 is 11.6 Å². The van der Waals surface area contributed by atoms with E-state index in [0.29, 0.717) is 23.1 Å². The van der Waals surface area contributed by atoms with E-state index >= 15 is 0 Å². The lowest BCUT2D eigenvalue weighted by Gasteiger charge is -2.12. The topological polar surface area (TPSA) is 61.0 Å². The lowest BCUT2D eigenvalue weighted by molar-refractivity contribution is 0.478. The summed E-state index contributed by atoms with van der Waals surface area (Å²) in [5.74, 6) is 1.27. The van der Waals surface area contributed by atoms with E-state index in [9.17, 15) is 0 Å². The fraction of sp³-hybridized carbons (Fsp3) is 0.0667. The fourth-order valence-corrected chi connectivity index (χ4v) is 2.26. The van der Waals surface area contributed by atoms with Gasteiger partial charge < -0.3 is 10.5 Å². The third-order valence-electron chi connectivity index (χ3n) is 3.01. The minimum atomic E-state index is 0.311. The zero-order chi connectivity index (χ0) is 13.9. The van der Waals surface area contributed by atoms with Crippen LogP contribution in [0.1, 0.15) is 5.56 Å². The van der Waals surface area contributed by atoms with E-state index in [0.717, 1.165) is 16.5 Å². The minimum absolute atomic E-state index is 0.311. The first-order valence-electron chi connectivity index (χ1n) is 6.15. The van der Waals surface area contributed by atoms with Crippen molar-refractivity contribution in [1.82, 2.24) is 10.2 Å². The van der Waals surface area contributed by atoms with Gasteiger partial charge in [0, 0.05) is 22.5 Å². The molecule has 0 aliphatic heterocycles. The summed E-state index contributed by atoms with van der Waals surface area (Å²) < 4.78 is 5.93. The lowest BCUT2D eigenvalue weighted by atomic mass is 10.2. The molecule has 1 heterocycles. The average molecular weight is 286 g/mol. The van der Waals surface area contributed by atoms with Crippen molar-refractivity contribution >= 4 is 22.5 Å². The van der Waals surface area contributed by atoms with Crippen molar-refractivity contribution in [1.29, 1.82) is 0 Å². The van der Waals surface area contributed by atoms with Crippen LogP contribution in [0.5, 0.6) is 11.5 Å². The first kappa shape index (κ1) is 12.8. The van der Waals surface area contributed by atoms with Crippen LogP contribution in [0.25, 0.3) is 10.9 Å². The monoisotopic (exact) mass is 285 g/mol. The van der Waals surface area contributed by atoms with Gasteiger partial charge in [-0.25, -0.2) is 0 Å². The van der Waals surface area contributed by atoms with Crippen molar-refractivity contribution in [3.8, 4) is 11.5 Å². The van der Waals surface area contributed by atoms with Crippen molar-refractivity contribution in [2.75, 3.05) is 0 Å². The van der Waals surface area contributed by atoms with Crippen LogP contribution in [0.3, 0.4) is 0 Å². The quantitative estimate of drug-likeness (QED) is 0.799. The Kier molecular flexibility index (Phi) is 3.50. The van der Waals surface area contributed by atoms with Crippen LogP contribution < -0.4 is 10.5 Å². The molecular weight excluding hydrogens is 274 g/mol. The third kappa shape index (κ3) is 2.31. The summed E-state index contributed by atoms with van der Waals surface area (Å²) in [6.07, 6.45) is 1.59. The average Bonchev–Trinajstić information content (AvgIpc) is 2.48. The number of nitrogens with zero attached hydrogens (tertiary/aromatic N) is 2. The molecule has 20 heavy (non-hydrogen) atoms. The summed E-state index contributed by atoms with van der Waals surface area (Å²) in [6, 6.07) is 13.1. The Balaban J connectivity index is 2.08. The number of nitrogens with two attached hydrogens (primary N) is 1. The van der Waals surface area contributed by atoms with Crippen molar-refractivity contribution in [2.45, 2.75) is 6.54 Å². The molecular formula is C15H12ClN3O. The predicted molar refractivity (Wildman–Crippen MR) is 79.0 cm³/mol. The smallest absolute Gasteiger partial charge is 0.157 e. The molecule has 0 fully saturated rings. The number of aromatic nitrogens is 2. The third-order valence-corrected chi connectivity index (χ3v) is 3.36. The summed E-state index contributed by atoms with van der Waals surface area (Å²) in [6.45, 7) is 0.311. The molecule has 0 bridgehead atoms. The van der Waals surface area contributed by atoms with E-state index in [1.54, 1.807) is 12.3 Å². The molecule has 2 aromatic carbocycles. The molecule has 2 N–H and O–H groups in total. The van der Waals surface area contributed by atoms with Gasteiger partial charge >= 0.3 is 0 Å². The summed E-state index contributed by atoms with van der Waals surface area (Å²) >= 11 is 6.13. The minimum Gasteiger partial charge on any atom is -0.455 e. The Morgan fingerprint density at radius 3 is 2.75 bits per heavy atom. The Labute approximate surface area is 121 Å². The standard InChI is InChI=1S/C15H12ClN3O/c16-12-5-3-7-14(11(12)8-17)20-15-9-18-19-13-6-2-1-4-10(13)15/h1-7,9H,8,17H2. The molecule has 3 aromatic rings. The first-order valence-corrected chi connectivity index (χ1v) is 6.53. The number of ether oxygens (including phenoxy) is 1. The molecule has 0 radical (unpaired) electrons. The molecule has 0 saturated carbocycles. The Hall–Kier alpha value is -2.17. The zero-order valence-electron chi connectivity index (χ0n) is 10.6. The Morgan fingerprint density at radius 1 is 1.05 bits per heavy atom. The second-order valence-electron chi connectivity index (χ2n) is 4.25. The van der Waals surface area contributed by atoms with Gasteiger partial charge in [-0.3, -0.25) is 0 Å². The molecule has 4 nitrogen and oxygen atoms in total. The molecule has 5 heteroatoms. The van der Waals surface area contributed by atoms with Crippen molar-refractivity contribution in [3.63, 3.8) is 0 Å². The molecule has 0 atom stereocenters. The maximum Gasteiger partial charge on any atom is 0.157 e. The van der Waals surface area contributed by atoms with Gasteiger partial charge in [-0.1, -0.05) is 29.8 Å².